The second-order valence-electron chi connectivity index (χ2n) is 4.47. The van der Waals surface area contributed by atoms with E-state index in [1.807, 2.05) is 0 Å². The molecule has 5 heteroatoms. The van der Waals surface area contributed by atoms with Gasteiger partial charge in [-0.05, 0) is 12.8 Å². The zero-order valence-electron chi connectivity index (χ0n) is 10.2. The molecule has 5 nitrogen and oxygen atoms in total. The van der Waals surface area contributed by atoms with Crippen LogP contribution in [0.15, 0.2) is 4.99 Å². The van der Waals surface area contributed by atoms with Gasteiger partial charge in [0.2, 0.25) is 5.91 Å². The van der Waals surface area contributed by atoms with E-state index in [-0.39, 0.29) is 12.5 Å². The van der Waals surface area contributed by atoms with Crippen molar-refractivity contribution in [2.75, 3.05) is 20.6 Å². The lowest BCUT2D eigenvalue weighted by Gasteiger charge is -2.23. The number of carbonyl (C=O) groups excluding carboxylic acids is 1. The van der Waals surface area contributed by atoms with Crippen LogP contribution < -0.4 is 11.1 Å². The highest BCUT2D eigenvalue weighted by Gasteiger charge is 2.13. The number of rotatable bonds is 3. The van der Waals surface area contributed by atoms with Crippen molar-refractivity contribution < 1.29 is 4.79 Å². The first-order valence-corrected chi connectivity index (χ1v) is 5.86. The van der Waals surface area contributed by atoms with Crippen molar-refractivity contribution in [3.8, 4) is 0 Å². The van der Waals surface area contributed by atoms with Crippen LogP contribution in [0.2, 0.25) is 0 Å². The van der Waals surface area contributed by atoms with Crippen molar-refractivity contribution in [2.45, 2.75) is 38.1 Å². The molecule has 0 spiro atoms. The Kier molecular flexibility index (Phi) is 5.08. The van der Waals surface area contributed by atoms with Gasteiger partial charge in [-0.2, -0.15) is 0 Å². The predicted octanol–water partition coefficient (Wildman–Crippen LogP) is 0.312. The van der Waals surface area contributed by atoms with E-state index in [0.717, 1.165) is 12.8 Å². The Morgan fingerprint density at radius 3 is 2.56 bits per heavy atom. The molecule has 0 aromatic carbocycles. The fourth-order valence-corrected chi connectivity index (χ4v) is 1.80. The van der Waals surface area contributed by atoms with Gasteiger partial charge in [-0.15, -0.1) is 0 Å². The van der Waals surface area contributed by atoms with E-state index in [4.69, 9.17) is 5.73 Å². The van der Waals surface area contributed by atoms with Gasteiger partial charge in [-0.25, -0.2) is 4.99 Å². The molecule has 0 saturated heterocycles. The van der Waals surface area contributed by atoms with E-state index < -0.39 is 0 Å². The lowest BCUT2D eigenvalue weighted by atomic mass is 9.96. The smallest absolute Gasteiger partial charge is 0.243 e. The van der Waals surface area contributed by atoms with Crippen molar-refractivity contribution in [3.05, 3.63) is 0 Å². The van der Waals surface area contributed by atoms with Gasteiger partial charge in [0, 0.05) is 20.1 Å². The predicted molar refractivity (Wildman–Crippen MR) is 65.2 cm³/mol. The summed E-state index contributed by atoms with van der Waals surface area (Å²) in [6.07, 6.45) is 6.12. The molecule has 16 heavy (non-hydrogen) atoms. The maximum absolute atomic E-state index is 11.3. The molecule has 3 N–H and O–H groups in total. The lowest BCUT2D eigenvalue weighted by molar-refractivity contribution is -0.127. The highest BCUT2D eigenvalue weighted by atomic mass is 16.2. The zero-order chi connectivity index (χ0) is 12.0. The number of nitrogens with two attached hydrogens (primary N) is 1. The van der Waals surface area contributed by atoms with Crippen LogP contribution in [0.3, 0.4) is 0 Å². The normalized spacial score (nSPS) is 18.2. The molecular weight excluding hydrogens is 204 g/mol. The molecule has 0 atom stereocenters. The van der Waals surface area contributed by atoms with Gasteiger partial charge in [0.1, 0.15) is 6.54 Å². The van der Waals surface area contributed by atoms with E-state index in [0.29, 0.717) is 12.0 Å². The molecule has 0 unspecified atom stereocenters. The number of guanidine groups is 1. The first-order valence-electron chi connectivity index (χ1n) is 5.86. The molecule has 0 aromatic heterocycles. The molecule has 0 bridgehead atoms. The van der Waals surface area contributed by atoms with Crippen LogP contribution in [0.25, 0.3) is 0 Å². The second kappa shape index (κ2) is 6.35. The molecule has 1 aliphatic carbocycles. The number of nitrogens with one attached hydrogen (secondary N) is 1. The second-order valence-corrected chi connectivity index (χ2v) is 4.47. The van der Waals surface area contributed by atoms with Gasteiger partial charge in [-0.1, -0.05) is 19.3 Å². The van der Waals surface area contributed by atoms with Gasteiger partial charge in [0.25, 0.3) is 0 Å². The molecule has 1 saturated carbocycles. The minimum Gasteiger partial charge on any atom is -0.370 e. The van der Waals surface area contributed by atoms with Crippen LogP contribution in [-0.2, 0) is 4.79 Å². The summed E-state index contributed by atoms with van der Waals surface area (Å²) >= 11 is 0. The number of aliphatic imine (C=N–C) groups is 1. The summed E-state index contributed by atoms with van der Waals surface area (Å²) in [7, 11) is 3.42. The first-order chi connectivity index (χ1) is 7.59. The Hall–Kier alpha value is -1.26. The van der Waals surface area contributed by atoms with E-state index in [9.17, 15) is 4.79 Å². The van der Waals surface area contributed by atoms with Crippen LogP contribution in [0.1, 0.15) is 32.1 Å². The van der Waals surface area contributed by atoms with E-state index in [1.165, 1.54) is 24.2 Å². The van der Waals surface area contributed by atoms with Crippen LogP contribution in [-0.4, -0.2) is 43.4 Å². The Bertz CT molecular complexity index is 257. The van der Waals surface area contributed by atoms with Crippen molar-refractivity contribution >= 4 is 11.9 Å². The largest absolute Gasteiger partial charge is 0.370 e. The fraction of sp³-hybridized carbons (Fsp3) is 0.818. The third kappa shape index (κ3) is 4.51. The first kappa shape index (κ1) is 12.8. The average molecular weight is 226 g/mol. The average Bonchev–Trinajstić information content (AvgIpc) is 2.27. The molecule has 1 aliphatic rings. The number of nitrogens with zero attached hydrogens (tertiary/aromatic N) is 2. The van der Waals surface area contributed by atoms with E-state index >= 15 is 0 Å². The summed E-state index contributed by atoms with van der Waals surface area (Å²) < 4.78 is 0. The summed E-state index contributed by atoms with van der Waals surface area (Å²) in [6, 6.07) is 0.437. The Morgan fingerprint density at radius 1 is 1.38 bits per heavy atom. The van der Waals surface area contributed by atoms with Gasteiger partial charge in [-0.3, -0.25) is 4.79 Å². The summed E-state index contributed by atoms with van der Waals surface area (Å²) in [5, 5.41) is 3.17. The lowest BCUT2D eigenvalue weighted by Crippen LogP contribution is -2.41. The van der Waals surface area contributed by atoms with E-state index in [2.05, 4.69) is 10.3 Å². The van der Waals surface area contributed by atoms with Crippen molar-refractivity contribution in [1.82, 2.24) is 10.2 Å². The molecule has 0 heterocycles. The molecule has 0 radical (unpaired) electrons. The molecule has 1 amide bonds. The molecule has 1 rings (SSSR count). The Labute approximate surface area is 97.1 Å². The summed E-state index contributed by atoms with van der Waals surface area (Å²) in [5.41, 5.74) is 5.72. The standard InChI is InChI=1S/C11H22N4O/c1-15(2)10(16)8-13-11(12)14-9-6-4-3-5-7-9/h9H,3-8H2,1-2H3,(H3,12,13,14). The van der Waals surface area contributed by atoms with Crippen LogP contribution in [0, 0.1) is 0 Å². The quantitative estimate of drug-likeness (QED) is 0.537. The van der Waals surface area contributed by atoms with Gasteiger partial charge >= 0.3 is 0 Å². The number of hydrogen-bond donors (Lipinski definition) is 2. The SMILES string of the molecule is CN(C)C(=O)CN=C(N)NC1CCCCC1. The maximum atomic E-state index is 11.3. The monoisotopic (exact) mass is 226 g/mol. The van der Waals surface area contributed by atoms with Gasteiger partial charge in [0.05, 0.1) is 0 Å². The summed E-state index contributed by atoms with van der Waals surface area (Å²) in [5.74, 6) is 0.357. The third-order valence-corrected chi connectivity index (χ3v) is 2.84. The van der Waals surface area contributed by atoms with Gasteiger partial charge in [0.15, 0.2) is 5.96 Å². The summed E-state index contributed by atoms with van der Waals surface area (Å²) in [4.78, 5) is 16.8. The number of carbonyl (C=O) groups is 1. The highest BCUT2D eigenvalue weighted by Crippen LogP contribution is 2.16. The Morgan fingerprint density at radius 2 is 2.00 bits per heavy atom. The molecule has 0 aromatic rings. The minimum atomic E-state index is -0.0339. The van der Waals surface area contributed by atoms with Gasteiger partial charge < -0.3 is 16.0 Å². The molecule has 92 valence electrons. The highest BCUT2D eigenvalue weighted by molar-refractivity contribution is 5.83. The number of likely N-dealkylation sites (N-methyl/N-ethyl adjacent to an activating group) is 1. The fourth-order valence-electron chi connectivity index (χ4n) is 1.80. The van der Waals surface area contributed by atoms with Crippen LogP contribution in [0.5, 0.6) is 0 Å². The van der Waals surface area contributed by atoms with Crippen LogP contribution >= 0.6 is 0 Å². The molecular formula is C11H22N4O. The maximum Gasteiger partial charge on any atom is 0.243 e. The topological polar surface area (TPSA) is 70.7 Å². The minimum absolute atomic E-state index is 0.0339. The van der Waals surface area contributed by atoms with E-state index in [1.54, 1.807) is 14.1 Å². The van der Waals surface area contributed by atoms with Crippen molar-refractivity contribution in [3.63, 3.8) is 0 Å². The molecule has 1 fully saturated rings. The summed E-state index contributed by atoms with van der Waals surface area (Å²) in [6.45, 7) is 0.124. The third-order valence-electron chi connectivity index (χ3n) is 2.84. The molecule has 0 aliphatic heterocycles. The van der Waals surface area contributed by atoms with Crippen molar-refractivity contribution in [2.24, 2.45) is 10.7 Å². The van der Waals surface area contributed by atoms with Crippen molar-refractivity contribution in [1.29, 1.82) is 0 Å². The zero-order valence-corrected chi connectivity index (χ0v) is 10.2. The Balaban J connectivity index is 2.30. The number of amides is 1. The number of hydrogen-bond acceptors (Lipinski definition) is 2. The van der Waals surface area contributed by atoms with Crippen LogP contribution in [0.4, 0.5) is 0 Å².